The fourth-order valence-corrected chi connectivity index (χ4v) is 2.55. The molecule has 0 amide bonds. The van der Waals surface area contributed by atoms with Gasteiger partial charge in [-0.05, 0) is 31.3 Å². The zero-order chi connectivity index (χ0) is 19.0. The molecule has 0 aliphatic carbocycles. The highest BCUT2D eigenvalue weighted by Crippen LogP contribution is 2.37. The number of hydrogen-bond donors (Lipinski definition) is 0. The van der Waals surface area contributed by atoms with Gasteiger partial charge < -0.3 is 14.4 Å². The van der Waals surface area contributed by atoms with Crippen LogP contribution in [0.25, 0.3) is 0 Å². The predicted molar refractivity (Wildman–Crippen MR) is 95.1 cm³/mol. The molecule has 0 N–H and O–H groups in total. The van der Waals surface area contributed by atoms with Crippen molar-refractivity contribution in [3.63, 3.8) is 0 Å². The highest BCUT2D eigenvalue weighted by atomic mass is 19.4. The van der Waals surface area contributed by atoms with Crippen LogP contribution in [0.5, 0.6) is 0 Å². The summed E-state index contributed by atoms with van der Waals surface area (Å²) in [5.74, 6) is 0. The lowest BCUT2D eigenvalue weighted by Crippen LogP contribution is -2.20. The van der Waals surface area contributed by atoms with E-state index in [-0.39, 0.29) is 12.2 Å². The molecule has 0 aliphatic rings. The zero-order valence-electron chi connectivity index (χ0n) is 15.0. The van der Waals surface area contributed by atoms with Crippen molar-refractivity contribution in [2.24, 2.45) is 0 Å². The maximum atomic E-state index is 13.4. The Morgan fingerprint density at radius 3 is 2.19 bits per heavy atom. The molecule has 0 bridgehead atoms. The van der Waals surface area contributed by atoms with Crippen LogP contribution in [0.1, 0.15) is 22.8 Å². The van der Waals surface area contributed by atoms with Crippen LogP contribution in [-0.2, 0) is 15.7 Å². The molecular formula is C20H24F3NO2. The highest BCUT2D eigenvalue weighted by molar-refractivity contribution is 5.37. The lowest BCUT2D eigenvalue weighted by molar-refractivity contribution is -0.139. The van der Waals surface area contributed by atoms with E-state index in [0.717, 1.165) is 12.6 Å². The molecule has 26 heavy (non-hydrogen) atoms. The molecule has 3 nitrogen and oxygen atoms in total. The minimum Gasteiger partial charge on any atom is -0.378 e. The summed E-state index contributed by atoms with van der Waals surface area (Å²) >= 11 is 0. The number of likely N-dealkylation sites (N-methyl/N-ethyl adjacent to an activating group) is 1. The Bertz CT molecular complexity index is 660. The monoisotopic (exact) mass is 367 g/mol. The summed E-state index contributed by atoms with van der Waals surface area (Å²) in [5.41, 5.74) is 0.111. The van der Waals surface area contributed by atoms with Crippen molar-refractivity contribution in [3.8, 4) is 0 Å². The Labute approximate surface area is 152 Å². The molecule has 1 atom stereocenters. The third kappa shape index (κ3) is 6.12. The van der Waals surface area contributed by atoms with Crippen molar-refractivity contribution in [2.75, 3.05) is 40.5 Å². The van der Waals surface area contributed by atoms with Gasteiger partial charge in [0.2, 0.25) is 0 Å². The van der Waals surface area contributed by atoms with Crippen molar-refractivity contribution in [2.45, 2.75) is 12.3 Å². The van der Waals surface area contributed by atoms with Crippen molar-refractivity contribution in [3.05, 3.63) is 71.3 Å². The fourth-order valence-electron chi connectivity index (χ4n) is 2.55. The van der Waals surface area contributed by atoms with Gasteiger partial charge in [-0.2, -0.15) is 13.2 Å². The summed E-state index contributed by atoms with van der Waals surface area (Å²) < 4.78 is 51.5. The van der Waals surface area contributed by atoms with Gasteiger partial charge >= 0.3 is 6.18 Å². The van der Waals surface area contributed by atoms with Gasteiger partial charge in [-0.15, -0.1) is 0 Å². The summed E-state index contributed by atoms with van der Waals surface area (Å²) in [5, 5.41) is 0. The molecule has 142 valence electrons. The summed E-state index contributed by atoms with van der Waals surface area (Å²) in [6.45, 7) is 1.86. The lowest BCUT2D eigenvalue weighted by atomic mass is 9.96. The first-order chi connectivity index (χ1) is 12.4. The highest BCUT2D eigenvalue weighted by Gasteiger charge is 2.35. The van der Waals surface area contributed by atoms with E-state index in [2.05, 4.69) is 0 Å². The number of ether oxygens (including phenoxy) is 2. The number of halogens is 3. The average Bonchev–Trinajstić information content (AvgIpc) is 2.61. The van der Waals surface area contributed by atoms with Gasteiger partial charge in [0.25, 0.3) is 0 Å². The van der Waals surface area contributed by atoms with Crippen LogP contribution < -0.4 is 0 Å². The minimum absolute atomic E-state index is 0.111. The maximum absolute atomic E-state index is 13.4. The first kappa shape index (κ1) is 20.4. The van der Waals surface area contributed by atoms with Crippen LogP contribution in [0.3, 0.4) is 0 Å². The van der Waals surface area contributed by atoms with E-state index >= 15 is 0 Å². The molecule has 6 heteroatoms. The van der Waals surface area contributed by atoms with Gasteiger partial charge in [-0.25, -0.2) is 0 Å². The molecule has 0 aromatic heterocycles. The van der Waals surface area contributed by atoms with E-state index in [4.69, 9.17) is 9.47 Å². The fraction of sp³-hybridized carbons (Fsp3) is 0.400. The van der Waals surface area contributed by atoms with E-state index < -0.39 is 17.8 Å². The normalized spacial score (nSPS) is 13.2. The molecule has 0 heterocycles. The zero-order valence-corrected chi connectivity index (χ0v) is 15.0. The van der Waals surface area contributed by atoms with E-state index in [1.807, 2.05) is 25.1 Å². The van der Waals surface area contributed by atoms with Crippen LogP contribution >= 0.6 is 0 Å². The smallest absolute Gasteiger partial charge is 0.378 e. The predicted octanol–water partition coefficient (Wildman–Crippen LogP) is 4.39. The second-order valence-corrected chi connectivity index (χ2v) is 6.16. The number of benzene rings is 2. The van der Waals surface area contributed by atoms with Gasteiger partial charge in [-0.1, -0.05) is 48.5 Å². The number of rotatable bonds is 9. The third-order valence-electron chi connectivity index (χ3n) is 3.85. The molecule has 0 saturated heterocycles. The molecule has 2 aromatic rings. The van der Waals surface area contributed by atoms with Crippen molar-refractivity contribution in [1.82, 2.24) is 4.90 Å². The van der Waals surface area contributed by atoms with Gasteiger partial charge in [0.1, 0.15) is 6.10 Å². The molecular weight excluding hydrogens is 343 g/mol. The van der Waals surface area contributed by atoms with E-state index in [1.165, 1.54) is 12.1 Å². The van der Waals surface area contributed by atoms with Crippen molar-refractivity contribution >= 4 is 0 Å². The Morgan fingerprint density at radius 2 is 1.54 bits per heavy atom. The SMILES string of the molecule is CN(C)CCOCCO[C@H](c1ccccc1)c1ccccc1C(F)(F)F. The first-order valence-corrected chi connectivity index (χ1v) is 8.44. The summed E-state index contributed by atoms with van der Waals surface area (Å²) in [4.78, 5) is 1.99. The third-order valence-corrected chi connectivity index (χ3v) is 3.85. The van der Waals surface area contributed by atoms with Gasteiger partial charge in [0.05, 0.1) is 25.4 Å². The topological polar surface area (TPSA) is 21.7 Å². The maximum Gasteiger partial charge on any atom is 0.416 e. The minimum atomic E-state index is -4.44. The van der Waals surface area contributed by atoms with Crippen LogP contribution in [0.2, 0.25) is 0 Å². The molecule has 0 aliphatic heterocycles. The quantitative estimate of drug-likeness (QED) is 0.614. The Morgan fingerprint density at radius 1 is 0.885 bits per heavy atom. The molecule has 2 aromatic carbocycles. The second kappa shape index (κ2) is 9.71. The van der Waals surface area contributed by atoms with Crippen LogP contribution in [-0.4, -0.2) is 45.4 Å². The Balaban J connectivity index is 2.14. The first-order valence-electron chi connectivity index (χ1n) is 8.44. The summed E-state index contributed by atoms with van der Waals surface area (Å²) in [6, 6.07) is 14.5. The number of hydrogen-bond acceptors (Lipinski definition) is 3. The molecule has 0 saturated carbocycles. The second-order valence-electron chi connectivity index (χ2n) is 6.16. The Hall–Kier alpha value is -1.89. The van der Waals surface area contributed by atoms with Crippen LogP contribution in [0, 0.1) is 0 Å². The average molecular weight is 367 g/mol. The van der Waals surface area contributed by atoms with E-state index in [1.54, 1.807) is 30.3 Å². The van der Waals surface area contributed by atoms with Crippen molar-refractivity contribution in [1.29, 1.82) is 0 Å². The molecule has 0 radical (unpaired) electrons. The molecule has 0 fully saturated rings. The van der Waals surface area contributed by atoms with Crippen molar-refractivity contribution < 1.29 is 22.6 Å². The molecule has 0 spiro atoms. The van der Waals surface area contributed by atoms with Gasteiger partial charge in [-0.3, -0.25) is 0 Å². The van der Waals surface area contributed by atoms with Crippen LogP contribution in [0.15, 0.2) is 54.6 Å². The largest absolute Gasteiger partial charge is 0.416 e. The standard InChI is InChI=1S/C20H24F3NO2/c1-24(2)12-13-25-14-15-26-19(16-8-4-3-5-9-16)17-10-6-7-11-18(17)20(21,22)23/h3-11,19H,12-15H2,1-2H3/t19-/m1/s1. The number of alkyl halides is 3. The van der Waals surface area contributed by atoms with E-state index in [0.29, 0.717) is 18.8 Å². The van der Waals surface area contributed by atoms with Gasteiger partial charge in [0, 0.05) is 6.54 Å². The lowest BCUT2D eigenvalue weighted by Gasteiger charge is -2.23. The summed E-state index contributed by atoms with van der Waals surface area (Å²) in [6.07, 6.45) is -5.23. The number of nitrogens with zero attached hydrogens (tertiary/aromatic N) is 1. The van der Waals surface area contributed by atoms with Crippen LogP contribution in [0.4, 0.5) is 13.2 Å². The molecule has 2 rings (SSSR count). The molecule has 0 unspecified atom stereocenters. The van der Waals surface area contributed by atoms with Gasteiger partial charge in [0.15, 0.2) is 0 Å². The summed E-state index contributed by atoms with van der Waals surface area (Å²) in [7, 11) is 3.89. The Kier molecular flexibility index (Phi) is 7.63. The van der Waals surface area contributed by atoms with E-state index in [9.17, 15) is 13.2 Å².